The summed E-state index contributed by atoms with van der Waals surface area (Å²) in [5, 5.41) is 3.21. The van der Waals surface area contributed by atoms with Gasteiger partial charge in [-0.1, -0.05) is 11.6 Å². The first-order chi connectivity index (χ1) is 8.16. The summed E-state index contributed by atoms with van der Waals surface area (Å²) in [6.45, 7) is 1.82. The molecule has 0 atom stereocenters. The van der Waals surface area contributed by atoms with E-state index in [1.807, 2.05) is 6.92 Å². The third-order valence-electron chi connectivity index (χ3n) is 2.21. The van der Waals surface area contributed by atoms with Crippen molar-refractivity contribution in [3.8, 4) is 0 Å². The fourth-order valence-electron chi connectivity index (χ4n) is 1.33. The topological polar surface area (TPSA) is 54.9 Å². The summed E-state index contributed by atoms with van der Waals surface area (Å²) < 4.78 is 0. The van der Waals surface area contributed by atoms with E-state index in [2.05, 4.69) is 15.3 Å². The van der Waals surface area contributed by atoms with Crippen LogP contribution in [0, 0.1) is 6.92 Å². The molecule has 2 heterocycles. The van der Waals surface area contributed by atoms with Gasteiger partial charge in [0.2, 0.25) is 0 Å². The van der Waals surface area contributed by atoms with Gasteiger partial charge >= 0.3 is 0 Å². The molecule has 0 unspecified atom stereocenters. The Morgan fingerprint density at radius 3 is 2.82 bits per heavy atom. The highest BCUT2D eigenvalue weighted by molar-refractivity contribution is 6.30. The van der Waals surface area contributed by atoms with Gasteiger partial charge in [0.15, 0.2) is 0 Å². The molecule has 1 N–H and O–H groups in total. The molecule has 1 amide bonds. The van der Waals surface area contributed by atoms with Crippen LogP contribution in [-0.4, -0.2) is 15.9 Å². The lowest BCUT2D eigenvalue weighted by Crippen LogP contribution is -2.14. The lowest BCUT2D eigenvalue weighted by Gasteiger charge is -2.06. The van der Waals surface area contributed by atoms with E-state index in [0.29, 0.717) is 10.7 Å². The minimum absolute atomic E-state index is 0.278. The number of aromatic nitrogens is 2. The summed E-state index contributed by atoms with van der Waals surface area (Å²) in [5.74, 6) is -0.302. The van der Waals surface area contributed by atoms with Crippen molar-refractivity contribution in [3.05, 3.63) is 53.1 Å². The number of carbonyl (C=O) groups excluding carboxylic acids is 1. The van der Waals surface area contributed by atoms with Crippen molar-refractivity contribution in [1.82, 2.24) is 9.97 Å². The van der Waals surface area contributed by atoms with Crippen LogP contribution in [0.1, 0.15) is 16.2 Å². The Morgan fingerprint density at radius 2 is 2.12 bits per heavy atom. The van der Waals surface area contributed by atoms with Crippen LogP contribution in [0.4, 0.5) is 5.69 Å². The number of nitrogens with zero attached hydrogens (tertiary/aromatic N) is 2. The number of anilines is 1. The van der Waals surface area contributed by atoms with Crippen LogP contribution in [0.25, 0.3) is 0 Å². The van der Waals surface area contributed by atoms with Gasteiger partial charge in [0, 0.05) is 17.4 Å². The Hall–Kier alpha value is -1.94. The number of pyridine rings is 2. The highest BCUT2D eigenvalue weighted by Gasteiger charge is 2.09. The summed E-state index contributed by atoms with van der Waals surface area (Å²) in [4.78, 5) is 19.9. The van der Waals surface area contributed by atoms with Crippen molar-refractivity contribution in [2.24, 2.45) is 0 Å². The number of carbonyl (C=O) groups is 1. The zero-order valence-electron chi connectivity index (χ0n) is 9.14. The van der Waals surface area contributed by atoms with Crippen molar-refractivity contribution in [2.75, 3.05) is 5.32 Å². The monoisotopic (exact) mass is 247 g/mol. The minimum Gasteiger partial charge on any atom is -0.319 e. The van der Waals surface area contributed by atoms with E-state index < -0.39 is 0 Å². The van der Waals surface area contributed by atoms with Gasteiger partial charge in [0.05, 0.1) is 11.4 Å². The van der Waals surface area contributed by atoms with Crippen LogP contribution in [-0.2, 0) is 0 Å². The maximum Gasteiger partial charge on any atom is 0.274 e. The summed E-state index contributed by atoms with van der Waals surface area (Å²) in [7, 11) is 0. The standard InChI is InChI=1S/C12H10ClN3O/c1-8-10(3-2-5-14-8)16-12(17)11-7-9(13)4-6-15-11/h2-7H,1H3,(H,16,17). The zero-order chi connectivity index (χ0) is 12.3. The largest absolute Gasteiger partial charge is 0.319 e. The lowest BCUT2D eigenvalue weighted by molar-refractivity contribution is 0.102. The molecule has 0 bridgehead atoms. The number of nitrogens with one attached hydrogen (secondary N) is 1. The predicted molar refractivity (Wildman–Crippen MR) is 66.2 cm³/mol. The Morgan fingerprint density at radius 1 is 1.29 bits per heavy atom. The molecule has 0 spiro atoms. The summed E-state index contributed by atoms with van der Waals surface area (Å²) >= 11 is 5.79. The van der Waals surface area contributed by atoms with Gasteiger partial charge in [-0.05, 0) is 31.2 Å². The smallest absolute Gasteiger partial charge is 0.274 e. The number of hydrogen-bond donors (Lipinski definition) is 1. The number of rotatable bonds is 2. The van der Waals surface area contributed by atoms with E-state index in [9.17, 15) is 4.79 Å². The van der Waals surface area contributed by atoms with Gasteiger partial charge < -0.3 is 5.32 Å². The second-order valence-electron chi connectivity index (χ2n) is 3.45. The van der Waals surface area contributed by atoms with Gasteiger partial charge in [-0.15, -0.1) is 0 Å². The Kier molecular flexibility index (Phi) is 3.35. The van der Waals surface area contributed by atoms with Crippen molar-refractivity contribution in [3.63, 3.8) is 0 Å². The molecule has 0 aliphatic rings. The Balaban J connectivity index is 2.20. The number of amides is 1. The van der Waals surface area contributed by atoms with Crippen LogP contribution in [0.15, 0.2) is 36.7 Å². The van der Waals surface area contributed by atoms with Crippen molar-refractivity contribution in [2.45, 2.75) is 6.92 Å². The molecule has 0 fully saturated rings. The maximum atomic E-state index is 11.9. The van der Waals surface area contributed by atoms with Crippen LogP contribution in [0.2, 0.25) is 5.02 Å². The van der Waals surface area contributed by atoms with Crippen LogP contribution in [0.3, 0.4) is 0 Å². The molecule has 0 aliphatic heterocycles. The second-order valence-corrected chi connectivity index (χ2v) is 3.89. The summed E-state index contributed by atoms with van der Waals surface area (Å²) in [5.41, 5.74) is 1.70. The summed E-state index contributed by atoms with van der Waals surface area (Å²) in [6.07, 6.45) is 3.16. The molecule has 5 heteroatoms. The first-order valence-corrected chi connectivity index (χ1v) is 5.39. The van der Waals surface area contributed by atoms with Gasteiger partial charge in [0.1, 0.15) is 5.69 Å². The number of halogens is 1. The Labute approximate surface area is 104 Å². The van der Waals surface area contributed by atoms with E-state index in [-0.39, 0.29) is 11.6 Å². The molecule has 2 aromatic rings. The molecule has 0 aliphatic carbocycles. The van der Waals surface area contributed by atoms with Crippen LogP contribution in [0.5, 0.6) is 0 Å². The fourth-order valence-corrected chi connectivity index (χ4v) is 1.49. The van der Waals surface area contributed by atoms with Crippen molar-refractivity contribution in [1.29, 1.82) is 0 Å². The highest BCUT2D eigenvalue weighted by Crippen LogP contribution is 2.13. The Bertz CT molecular complexity index is 557. The second kappa shape index (κ2) is 4.93. The molecule has 0 saturated heterocycles. The molecule has 0 saturated carbocycles. The van der Waals surface area contributed by atoms with E-state index in [0.717, 1.165) is 5.69 Å². The third-order valence-corrected chi connectivity index (χ3v) is 2.44. The average Bonchev–Trinajstić information content (AvgIpc) is 2.32. The normalized spacial score (nSPS) is 10.0. The highest BCUT2D eigenvalue weighted by atomic mass is 35.5. The molecule has 2 aromatic heterocycles. The van der Waals surface area contributed by atoms with Crippen LogP contribution < -0.4 is 5.32 Å². The predicted octanol–water partition coefficient (Wildman–Crippen LogP) is 2.69. The van der Waals surface area contributed by atoms with Gasteiger partial charge in [-0.25, -0.2) is 0 Å². The fraction of sp³-hybridized carbons (Fsp3) is 0.0833. The number of hydrogen-bond acceptors (Lipinski definition) is 3. The molecular weight excluding hydrogens is 238 g/mol. The van der Waals surface area contributed by atoms with E-state index in [1.54, 1.807) is 24.4 Å². The molecule has 0 aromatic carbocycles. The van der Waals surface area contributed by atoms with E-state index >= 15 is 0 Å². The molecule has 17 heavy (non-hydrogen) atoms. The van der Waals surface area contributed by atoms with Gasteiger partial charge in [-0.2, -0.15) is 0 Å². The summed E-state index contributed by atoms with van der Waals surface area (Å²) in [6, 6.07) is 6.68. The average molecular weight is 248 g/mol. The molecule has 4 nitrogen and oxygen atoms in total. The van der Waals surface area contributed by atoms with Crippen molar-refractivity contribution >= 4 is 23.2 Å². The first kappa shape index (κ1) is 11.5. The molecule has 2 rings (SSSR count). The third kappa shape index (κ3) is 2.79. The SMILES string of the molecule is Cc1ncccc1NC(=O)c1cc(Cl)ccn1. The van der Waals surface area contributed by atoms with Crippen molar-refractivity contribution < 1.29 is 4.79 Å². The van der Waals surface area contributed by atoms with E-state index in [4.69, 9.17) is 11.6 Å². The molecule has 86 valence electrons. The van der Waals surface area contributed by atoms with Crippen LogP contribution >= 0.6 is 11.6 Å². The molecular formula is C12H10ClN3O. The van der Waals surface area contributed by atoms with Gasteiger partial charge in [0.25, 0.3) is 5.91 Å². The molecule has 0 radical (unpaired) electrons. The number of aryl methyl sites for hydroxylation is 1. The lowest BCUT2D eigenvalue weighted by atomic mass is 10.3. The van der Waals surface area contributed by atoms with Gasteiger partial charge in [-0.3, -0.25) is 14.8 Å². The maximum absolute atomic E-state index is 11.9. The zero-order valence-corrected chi connectivity index (χ0v) is 9.90. The minimum atomic E-state index is -0.302. The quantitative estimate of drug-likeness (QED) is 0.888. The first-order valence-electron chi connectivity index (χ1n) is 5.01. The van der Waals surface area contributed by atoms with E-state index in [1.165, 1.54) is 12.3 Å².